The van der Waals surface area contributed by atoms with E-state index in [1.165, 1.54) is 69.8 Å². The molecular formula is C31H36Zr. The zero-order valence-corrected chi connectivity index (χ0v) is 22.3. The molecule has 0 radical (unpaired) electrons. The summed E-state index contributed by atoms with van der Waals surface area (Å²) < 4.78 is 2.57. The van der Waals surface area contributed by atoms with Gasteiger partial charge in [0.05, 0.1) is 0 Å². The van der Waals surface area contributed by atoms with Crippen molar-refractivity contribution in [1.29, 1.82) is 0 Å². The Hall–Kier alpha value is -1.46. The van der Waals surface area contributed by atoms with Crippen molar-refractivity contribution < 1.29 is 23.2 Å². The van der Waals surface area contributed by atoms with E-state index in [-0.39, 0.29) is 0 Å². The van der Waals surface area contributed by atoms with E-state index in [4.69, 9.17) is 0 Å². The number of fused-ring (bicyclic) bond motifs is 2. The SMILES string of the molecule is CCCCC1=CC[C]([Zr][CH]2C(CCCC)=Cc3c2cc2c(c3-c3ccccc3)CCC2)=C1. The van der Waals surface area contributed by atoms with Gasteiger partial charge in [-0.2, -0.15) is 0 Å². The second-order valence-corrected chi connectivity index (χ2v) is 13.5. The molecule has 5 rings (SSSR count). The molecule has 0 saturated carbocycles. The molecule has 0 aliphatic heterocycles. The Kier molecular flexibility index (Phi) is 7.13. The van der Waals surface area contributed by atoms with E-state index in [2.05, 4.69) is 68.5 Å². The van der Waals surface area contributed by atoms with E-state index in [9.17, 15) is 0 Å². The zero-order valence-electron chi connectivity index (χ0n) is 19.8. The first-order chi connectivity index (χ1) is 15.8. The number of benzene rings is 2. The molecule has 32 heavy (non-hydrogen) atoms. The summed E-state index contributed by atoms with van der Waals surface area (Å²) in [4.78, 5) is 0. The summed E-state index contributed by atoms with van der Waals surface area (Å²) >= 11 is -0.694. The number of unbranched alkanes of at least 4 members (excludes halogenated alkanes) is 2. The van der Waals surface area contributed by atoms with Crippen molar-refractivity contribution in [1.82, 2.24) is 0 Å². The number of rotatable bonds is 9. The van der Waals surface area contributed by atoms with Gasteiger partial charge in [0.1, 0.15) is 0 Å². The van der Waals surface area contributed by atoms with Crippen molar-refractivity contribution in [2.45, 2.75) is 81.7 Å². The Morgan fingerprint density at radius 3 is 2.56 bits per heavy atom. The molecular weight excluding hydrogens is 464 g/mol. The molecule has 0 saturated heterocycles. The predicted octanol–water partition coefficient (Wildman–Crippen LogP) is 8.96. The van der Waals surface area contributed by atoms with Gasteiger partial charge in [0.2, 0.25) is 0 Å². The first-order valence-electron chi connectivity index (χ1n) is 12.9. The van der Waals surface area contributed by atoms with Gasteiger partial charge in [0, 0.05) is 0 Å². The second kappa shape index (κ2) is 10.2. The molecule has 2 aromatic rings. The average Bonchev–Trinajstić information content (AvgIpc) is 3.55. The van der Waals surface area contributed by atoms with Crippen LogP contribution in [0.5, 0.6) is 0 Å². The third kappa shape index (κ3) is 4.48. The summed E-state index contributed by atoms with van der Waals surface area (Å²) in [5, 5.41) is 0. The van der Waals surface area contributed by atoms with Crippen LogP contribution >= 0.6 is 0 Å². The minimum atomic E-state index is -0.694. The van der Waals surface area contributed by atoms with Crippen molar-refractivity contribution in [3.05, 3.63) is 85.2 Å². The van der Waals surface area contributed by atoms with Crippen LogP contribution in [-0.2, 0) is 36.1 Å². The summed E-state index contributed by atoms with van der Waals surface area (Å²) in [7, 11) is 0. The van der Waals surface area contributed by atoms with Crippen molar-refractivity contribution >= 4 is 6.08 Å². The van der Waals surface area contributed by atoms with Gasteiger partial charge in [-0.05, 0) is 0 Å². The quantitative estimate of drug-likeness (QED) is 0.323. The van der Waals surface area contributed by atoms with Gasteiger partial charge in [0.25, 0.3) is 0 Å². The Morgan fingerprint density at radius 1 is 0.938 bits per heavy atom. The van der Waals surface area contributed by atoms with E-state index in [0.29, 0.717) is 0 Å². The summed E-state index contributed by atoms with van der Waals surface area (Å²) in [6, 6.07) is 13.9. The first-order valence-corrected chi connectivity index (χ1v) is 15.5. The Morgan fingerprint density at radius 2 is 1.75 bits per heavy atom. The molecule has 0 bridgehead atoms. The van der Waals surface area contributed by atoms with Crippen LogP contribution in [0, 0.1) is 0 Å². The van der Waals surface area contributed by atoms with E-state index >= 15 is 0 Å². The molecule has 1 heteroatoms. The fourth-order valence-corrected chi connectivity index (χ4v) is 9.87. The topological polar surface area (TPSA) is 0 Å². The fraction of sp³-hybridized carbons (Fsp3) is 0.419. The van der Waals surface area contributed by atoms with Crippen LogP contribution in [0.2, 0.25) is 0 Å². The Labute approximate surface area is 206 Å². The molecule has 0 N–H and O–H groups in total. The molecule has 0 nitrogen and oxygen atoms in total. The molecule has 1 unspecified atom stereocenters. The van der Waals surface area contributed by atoms with Crippen LogP contribution in [0.4, 0.5) is 0 Å². The van der Waals surface area contributed by atoms with E-state index in [1.807, 2.05) is 3.28 Å². The maximum atomic E-state index is 2.66. The molecule has 1 atom stereocenters. The number of hydrogen-bond donors (Lipinski definition) is 0. The van der Waals surface area contributed by atoms with E-state index in [0.717, 1.165) is 3.63 Å². The van der Waals surface area contributed by atoms with Crippen LogP contribution in [0.3, 0.4) is 0 Å². The molecule has 0 aromatic heterocycles. The Balaban J connectivity index is 1.53. The van der Waals surface area contributed by atoms with Crippen LogP contribution < -0.4 is 0 Å². The van der Waals surface area contributed by atoms with Gasteiger partial charge in [-0.25, -0.2) is 0 Å². The molecule has 0 fully saturated rings. The van der Waals surface area contributed by atoms with Gasteiger partial charge < -0.3 is 0 Å². The molecule has 3 aliphatic rings. The van der Waals surface area contributed by atoms with Crippen molar-refractivity contribution in [3.8, 4) is 11.1 Å². The molecule has 2 aromatic carbocycles. The third-order valence-corrected chi connectivity index (χ3v) is 11.6. The van der Waals surface area contributed by atoms with Gasteiger partial charge in [-0.1, -0.05) is 0 Å². The molecule has 0 heterocycles. The molecule has 0 spiro atoms. The van der Waals surface area contributed by atoms with Crippen molar-refractivity contribution in [2.24, 2.45) is 0 Å². The fourth-order valence-electron chi connectivity index (χ4n) is 5.77. The van der Waals surface area contributed by atoms with Gasteiger partial charge in [-0.3, -0.25) is 0 Å². The van der Waals surface area contributed by atoms with Crippen LogP contribution in [0.15, 0.2) is 63.0 Å². The van der Waals surface area contributed by atoms with Crippen LogP contribution in [-0.4, -0.2) is 0 Å². The first kappa shape index (κ1) is 22.3. The van der Waals surface area contributed by atoms with Gasteiger partial charge in [0.15, 0.2) is 0 Å². The number of hydrogen-bond acceptors (Lipinski definition) is 0. The summed E-state index contributed by atoms with van der Waals surface area (Å²) in [6.07, 6.45) is 20.7. The summed E-state index contributed by atoms with van der Waals surface area (Å²) in [6.45, 7) is 4.64. The summed E-state index contributed by atoms with van der Waals surface area (Å²) in [5.41, 5.74) is 13.0. The molecule has 164 valence electrons. The average molecular weight is 500 g/mol. The van der Waals surface area contributed by atoms with E-state index in [1.54, 1.807) is 39.0 Å². The normalized spacial score (nSPS) is 18.8. The van der Waals surface area contributed by atoms with Gasteiger partial charge in [-0.15, -0.1) is 0 Å². The summed E-state index contributed by atoms with van der Waals surface area (Å²) in [5.74, 6) is 0. The predicted molar refractivity (Wildman–Crippen MR) is 134 cm³/mol. The molecule has 3 aliphatic carbocycles. The van der Waals surface area contributed by atoms with Crippen molar-refractivity contribution in [2.75, 3.05) is 0 Å². The standard InChI is InChI=1S/C22H23.C9H13.Zr/c1-2-3-8-16-13-19-15-18-11-7-12-20(18)22(21(19)14-16)17-9-5-4-6-10-17;1-2-3-6-9-7-4-5-8-9;/h4-6,9-10,13-15H,2-3,7-8,11-12H2,1H3;7-8H,2-4,6H2,1H3;. The second-order valence-electron chi connectivity index (χ2n) is 9.77. The van der Waals surface area contributed by atoms with Gasteiger partial charge >= 0.3 is 207 Å². The van der Waals surface area contributed by atoms with E-state index < -0.39 is 23.2 Å². The number of aryl methyl sites for hydroxylation is 1. The molecule has 0 amide bonds. The third-order valence-electron chi connectivity index (χ3n) is 7.46. The maximum absolute atomic E-state index is 2.66. The van der Waals surface area contributed by atoms with Crippen LogP contribution in [0.1, 0.15) is 91.1 Å². The Bertz CT molecular complexity index is 1070. The van der Waals surface area contributed by atoms with Crippen molar-refractivity contribution in [3.63, 3.8) is 0 Å². The monoisotopic (exact) mass is 498 g/mol. The van der Waals surface area contributed by atoms with Crippen LogP contribution in [0.25, 0.3) is 17.2 Å². The number of allylic oxidation sites excluding steroid dienone is 5. The zero-order chi connectivity index (χ0) is 21.9. The minimum absolute atomic E-state index is 0.694.